The fraction of sp³-hybridized carbons (Fsp3) is 0.241. The molecular weight excluding hydrogens is 484 g/mol. The van der Waals surface area contributed by atoms with Gasteiger partial charge in [-0.25, -0.2) is 9.69 Å². The number of carbonyl (C=O) groups is 2. The summed E-state index contributed by atoms with van der Waals surface area (Å²) in [6.45, 7) is 1.13. The molecule has 9 heteroatoms. The van der Waals surface area contributed by atoms with Crippen molar-refractivity contribution in [3.05, 3.63) is 108 Å². The number of amides is 3. The van der Waals surface area contributed by atoms with Crippen LogP contribution in [-0.2, 0) is 27.2 Å². The van der Waals surface area contributed by atoms with Gasteiger partial charge in [-0.2, -0.15) is 0 Å². The van der Waals surface area contributed by atoms with Crippen molar-refractivity contribution in [3.63, 3.8) is 0 Å². The largest absolute Gasteiger partial charge is 0.497 e. The SMILES string of the molecule is COc1ccc(NCCNC(=O)[C@H](Cc2ccccc2)N(C(=O)NCc2ccccc2)C2=COCO2)cc1. The Balaban J connectivity index is 1.46. The van der Waals surface area contributed by atoms with Crippen molar-refractivity contribution >= 4 is 17.6 Å². The van der Waals surface area contributed by atoms with Gasteiger partial charge in [-0.1, -0.05) is 60.7 Å². The number of methoxy groups -OCH3 is 1. The van der Waals surface area contributed by atoms with Crippen LogP contribution in [0.3, 0.4) is 0 Å². The van der Waals surface area contributed by atoms with E-state index in [1.54, 1.807) is 7.11 Å². The van der Waals surface area contributed by atoms with Crippen LogP contribution < -0.4 is 20.7 Å². The molecule has 198 valence electrons. The highest BCUT2D eigenvalue weighted by atomic mass is 16.7. The van der Waals surface area contributed by atoms with Crippen LogP contribution in [0.1, 0.15) is 11.1 Å². The third kappa shape index (κ3) is 7.42. The van der Waals surface area contributed by atoms with Gasteiger partial charge in [0.1, 0.15) is 18.1 Å². The van der Waals surface area contributed by atoms with Crippen molar-refractivity contribution in [3.8, 4) is 5.75 Å². The van der Waals surface area contributed by atoms with Gasteiger partial charge in [0.05, 0.1) is 7.11 Å². The zero-order chi connectivity index (χ0) is 26.6. The lowest BCUT2D eigenvalue weighted by molar-refractivity contribution is -0.125. The van der Waals surface area contributed by atoms with Crippen LogP contribution in [0.15, 0.2) is 97.1 Å². The Morgan fingerprint density at radius 2 is 1.58 bits per heavy atom. The smallest absolute Gasteiger partial charge is 0.325 e. The van der Waals surface area contributed by atoms with E-state index in [4.69, 9.17) is 14.2 Å². The van der Waals surface area contributed by atoms with E-state index in [9.17, 15) is 9.59 Å². The number of nitrogens with one attached hydrogen (secondary N) is 3. The number of hydrogen-bond donors (Lipinski definition) is 3. The fourth-order valence-corrected chi connectivity index (χ4v) is 3.97. The summed E-state index contributed by atoms with van der Waals surface area (Å²) in [7, 11) is 1.62. The molecule has 1 atom stereocenters. The predicted octanol–water partition coefficient (Wildman–Crippen LogP) is 3.85. The van der Waals surface area contributed by atoms with Crippen molar-refractivity contribution in [2.24, 2.45) is 0 Å². The first-order valence-corrected chi connectivity index (χ1v) is 12.4. The first-order valence-electron chi connectivity index (χ1n) is 12.4. The second-order valence-electron chi connectivity index (χ2n) is 8.55. The molecule has 0 saturated heterocycles. The van der Waals surface area contributed by atoms with E-state index in [1.807, 2.05) is 84.9 Å². The number of carbonyl (C=O) groups excluding carboxylic acids is 2. The molecular formula is C29H32N4O5. The van der Waals surface area contributed by atoms with Crippen molar-refractivity contribution in [1.29, 1.82) is 0 Å². The minimum absolute atomic E-state index is 0.0245. The minimum Gasteiger partial charge on any atom is -0.497 e. The summed E-state index contributed by atoms with van der Waals surface area (Å²) in [5.41, 5.74) is 2.75. The van der Waals surface area contributed by atoms with Crippen molar-refractivity contribution < 1.29 is 23.8 Å². The molecule has 0 aromatic heterocycles. The first-order chi connectivity index (χ1) is 18.6. The Morgan fingerprint density at radius 1 is 0.895 bits per heavy atom. The van der Waals surface area contributed by atoms with E-state index in [1.165, 1.54) is 11.2 Å². The molecule has 9 nitrogen and oxygen atoms in total. The standard InChI is InChI=1S/C29H32N4O5/c1-36-25-14-12-24(13-15-25)30-16-17-31-28(34)26(18-22-8-4-2-5-9-22)33(27-20-37-21-38-27)29(35)32-19-23-10-6-3-7-11-23/h2-15,20,26,30H,16-19,21H2,1H3,(H,31,34)(H,32,35)/t26-/m0/s1. The molecule has 4 rings (SSSR count). The van der Waals surface area contributed by atoms with Gasteiger partial charge in [-0.05, 0) is 35.4 Å². The number of benzene rings is 3. The molecule has 3 amide bonds. The molecule has 0 spiro atoms. The summed E-state index contributed by atoms with van der Waals surface area (Å²) in [6.07, 6.45) is 1.65. The third-order valence-corrected chi connectivity index (χ3v) is 5.93. The molecule has 3 aromatic carbocycles. The predicted molar refractivity (Wildman–Crippen MR) is 144 cm³/mol. The van der Waals surface area contributed by atoms with Crippen LogP contribution in [0.2, 0.25) is 0 Å². The van der Waals surface area contributed by atoms with Gasteiger partial charge in [0, 0.05) is 31.7 Å². The van der Waals surface area contributed by atoms with Gasteiger partial charge in [-0.3, -0.25) is 4.79 Å². The molecule has 1 aliphatic rings. The Morgan fingerprint density at radius 3 is 2.21 bits per heavy atom. The number of rotatable bonds is 12. The van der Waals surface area contributed by atoms with Crippen LogP contribution in [0.5, 0.6) is 5.75 Å². The summed E-state index contributed by atoms with van der Waals surface area (Å²) in [6, 6.07) is 25.3. The summed E-state index contributed by atoms with van der Waals surface area (Å²) >= 11 is 0. The van der Waals surface area contributed by atoms with Gasteiger partial charge in [-0.15, -0.1) is 0 Å². The highest BCUT2D eigenvalue weighted by Crippen LogP contribution is 2.20. The maximum atomic E-state index is 13.5. The minimum atomic E-state index is -0.873. The number of nitrogens with zero attached hydrogens (tertiary/aromatic N) is 1. The van der Waals surface area contributed by atoms with Crippen LogP contribution in [-0.4, -0.2) is 49.9 Å². The average molecular weight is 517 g/mol. The molecule has 0 unspecified atom stereocenters. The van der Waals surface area contributed by atoms with E-state index in [0.29, 0.717) is 19.6 Å². The van der Waals surface area contributed by atoms with Crippen LogP contribution in [0, 0.1) is 0 Å². The third-order valence-electron chi connectivity index (χ3n) is 5.93. The molecule has 0 fully saturated rings. The van der Waals surface area contributed by atoms with E-state index >= 15 is 0 Å². The average Bonchev–Trinajstić information content (AvgIpc) is 3.49. The van der Waals surface area contributed by atoms with E-state index in [-0.39, 0.29) is 25.0 Å². The van der Waals surface area contributed by atoms with Crippen LogP contribution in [0.25, 0.3) is 0 Å². The maximum absolute atomic E-state index is 13.5. The van der Waals surface area contributed by atoms with Gasteiger partial charge in [0.25, 0.3) is 0 Å². The summed E-state index contributed by atoms with van der Waals surface area (Å²) in [5, 5.41) is 9.13. The summed E-state index contributed by atoms with van der Waals surface area (Å²) < 4.78 is 16.0. The second-order valence-corrected chi connectivity index (χ2v) is 8.55. The van der Waals surface area contributed by atoms with E-state index < -0.39 is 12.1 Å². The van der Waals surface area contributed by atoms with Gasteiger partial charge >= 0.3 is 6.03 Å². The molecule has 1 heterocycles. The van der Waals surface area contributed by atoms with E-state index in [2.05, 4.69) is 16.0 Å². The molecule has 0 bridgehead atoms. The van der Waals surface area contributed by atoms with E-state index in [0.717, 1.165) is 22.6 Å². The van der Waals surface area contributed by atoms with Crippen molar-refractivity contribution in [2.75, 3.05) is 32.3 Å². The van der Waals surface area contributed by atoms with Crippen molar-refractivity contribution in [1.82, 2.24) is 15.5 Å². The van der Waals surface area contributed by atoms with Crippen LogP contribution in [0.4, 0.5) is 10.5 Å². The molecule has 3 aromatic rings. The highest BCUT2D eigenvalue weighted by molar-refractivity contribution is 5.88. The molecule has 1 aliphatic heterocycles. The van der Waals surface area contributed by atoms with Crippen molar-refractivity contribution in [2.45, 2.75) is 19.0 Å². The quantitative estimate of drug-likeness (QED) is 0.316. The molecule has 0 radical (unpaired) electrons. The number of ether oxygens (including phenoxy) is 3. The Kier molecular flexibility index (Phi) is 9.45. The lowest BCUT2D eigenvalue weighted by Gasteiger charge is -2.30. The Hall–Kier alpha value is -4.66. The zero-order valence-electron chi connectivity index (χ0n) is 21.3. The summed E-state index contributed by atoms with van der Waals surface area (Å²) in [4.78, 5) is 28.3. The molecule has 0 saturated carbocycles. The number of anilines is 1. The number of hydrogen-bond acceptors (Lipinski definition) is 6. The lowest BCUT2D eigenvalue weighted by Crippen LogP contribution is -2.53. The van der Waals surface area contributed by atoms with Gasteiger partial charge in [0.15, 0.2) is 0 Å². The number of urea groups is 1. The summed E-state index contributed by atoms with van der Waals surface area (Å²) in [5.74, 6) is 0.644. The van der Waals surface area contributed by atoms with Crippen LogP contribution >= 0.6 is 0 Å². The fourth-order valence-electron chi connectivity index (χ4n) is 3.97. The first kappa shape index (κ1) is 26.4. The maximum Gasteiger partial charge on any atom is 0.325 e. The molecule has 38 heavy (non-hydrogen) atoms. The molecule has 3 N–H and O–H groups in total. The zero-order valence-corrected chi connectivity index (χ0v) is 21.3. The highest BCUT2D eigenvalue weighted by Gasteiger charge is 2.35. The topological polar surface area (TPSA) is 101 Å². The Bertz CT molecular complexity index is 1200. The Labute approximate surface area is 222 Å². The van der Waals surface area contributed by atoms with Gasteiger partial charge in [0.2, 0.25) is 18.6 Å². The normalized spacial score (nSPS) is 12.8. The lowest BCUT2D eigenvalue weighted by atomic mass is 10.0. The molecule has 0 aliphatic carbocycles. The van der Waals surface area contributed by atoms with Gasteiger partial charge < -0.3 is 30.2 Å². The second kappa shape index (κ2) is 13.6. The monoisotopic (exact) mass is 516 g/mol.